The minimum Gasteiger partial charge on any atom is -0.507 e. The number of carbonyl (C=O) groups excluding carboxylic acids is 1. The Morgan fingerprint density at radius 1 is 1.06 bits per heavy atom. The lowest BCUT2D eigenvalue weighted by atomic mass is 10.0. The minimum atomic E-state index is -1.02. The number of aliphatic hydroxyl groups is 1. The van der Waals surface area contributed by atoms with E-state index in [1.165, 1.54) is 0 Å². The van der Waals surface area contributed by atoms with E-state index in [0.717, 1.165) is 5.56 Å². The molecule has 2 aliphatic rings. The van der Waals surface area contributed by atoms with E-state index in [1.54, 1.807) is 47.4 Å². The molecule has 1 aliphatic heterocycles. The third kappa shape index (κ3) is 5.35. The highest BCUT2D eigenvalue weighted by atomic mass is 16.4. The van der Waals surface area contributed by atoms with Crippen LogP contribution in [0.25, 0.3) is 17.5 Å². The molecule has 2 heterocycles. The summed E-state index contributed by atoms with van der Waals surface area (Å²) in [6.07, 6.45) is 4.60. The standard InChI is InChI=1S/C26H30N4O5/c1-16(2)15-22(32)25(33)30-13-11-29(12-14-30)24-18-9-7-17(26(34)35)8-10-20(18)27-23(28-24)19-5-3-4-6-21(19)31/h3-9,16,22,31-32H,10-15H2,1-2H3,(H,34,35). The van der Waals surface area contributed by atoms with Crippen LogP contribution < -0.4 is 4.90 Å². The van der Waals surface area contributed by atoms with Crippen LogP contribution >= 0.6 is 0 Å². The molecule has 2 aromatic rings. The van der Waals surface area contributed by atoms with Crippen molar-refractivity contribution in [2.24, 2.45) is 5.92 Å². The Morgan fingerprint density at radius 3 is 2.43 bits per heavy atom. The zero-order valence-electron chi connectivity index (χ0n) is 19.9. The number of benzene rings is 1. The van der Waals surface area contributed by atoms with E-state index in [9.17, 15) is 24.9 Å². The van der Waals surface area contributed by atoms with Crippen LogP contribution in [0.15, 0.2) is 42.0 Å². The van der Waals surface area contributed by atoms with Gasteiger partial charge in [0, 0.05) is 38.2 Å². The van der Waals surface area contributed by atoms with Gasteiger partial charge < -0.3 is 25.1 Å². The lowest BCUT2D eigenvalue weighted by molar-refractivity contribution is -0.141. The van der Waals surface area contributed by atoms with Gasteiger partial charge in [-0.25, -0.2) is 14.8 Å². The number of fused-ring (bicyclic) bond motifs is 1. The van der Waals surface area contributed by atoms with E-state index in [1.807, 2.05) is 18.7 Å². The second kappa shape index (κ2) is 10.3. The van der Waals surface area contributed by atoms with Crippen LogP contribution in [0.3, 0.4) is 0 Å². The number of carboxylic acid groups (broad SMARTS) is 1. The molecule has 9 nitrogen and oxygen atoms in total. The average Bonchev–Trinajstić information content (AvgIpc) is 3.06. The number of aliphatic carboxylic acids is 1. The summed E-state index contributed by atoms with van der Waals surface area (Å²) >= 11 is 0. The molecule has 1 atom stereocenters. The van der Waals surface area contributed by atoms with Crippen molar-refractivity contribution < 1.29 is 24.9 Å². The van der Waals surface area contributed by atoms with Crippen LogP contribution in [-0.2, 0) is 16.0 Å². The summed E-state index contributed by atoms with van der Waals surface area (Å²) in [6.45, 7) is 5.79. The number of aliphatic hydroxyl groups excluding tert-OH is 1. The molecule has 1 aromatic carbocycles. The topological polar surface area (TPSA) is 127 Å². The SMILES string of the molecule is CC(C)CC(O)C(=O)N1CCN(c2nc(-c3ccccc3O)nc3c2C=CC(C(=O)O)=CC3)CC1. The summed E-state index contributed by atoms with van der Waals surface area (Å²) < 4.78 is 0. The summed E-state index contributed by atoms with van der Waals surface area (Å²) in [7, 11) is 0. The highest BCUT2D eigenvalue weighted by Crippen LogP contribution is 2.33. The predicted molar refractivity (Wildman–Crippen MR) is 132 cm³/mol. The van der Waals surface area contributed by atoms with Crippen molar-refractivity contribution in [3.05, 3.63) is 53.2 Å². The zero-order chi connectivity index (χ0) is 25.1. The highest BCUT2D eigenvalue weighted by molar-refractivity contribution is 5.92. The van der Waals surface area contributed by atoms with Crippen LogP contribution in [0.5, 0.6) is 5.75 Å². The third-order valence-electron chi connectivity index (χ3n) is 6.21. The van der Waals surface area contributed by atoms with Gasteiger partial charge in [0.2, 0.25) is 0 Å². The number of anilines is 1. The lowest BCUT2D eigenvalue weighted by Crippen LogP contribution is -2.52. The molecule has 1 unspecified atom stereocenters. The van der Waals surface area contributed by atoms with Crippen molar-refractivity contribution in [3.8, 4) is 17.1 Å². The van der Waals surface area contributed by atoms with E-state index in [2.05, 4.69) is 4.98 Å². The molecule has 1 saturated heterocycles. The molecule has 0 spiro atoms. The molecule has 35 heavy (non-hydrogen) atoms. The molecule has 1 amide bonds. The number of para-hydroxylation sites is 1. The molecule has 1 aromatic heterocycles. The Balaban J connectivity index is 1.65. The van der Waals surface area contributed by atoms with Gasteiger partial charge in [-0.3, -0.25) is 4.79 Å². The van der Waals surface area contributed by atoms with E-state index in [0.29, 0.717) is 61.9 Å². The first kappa shape index (κ1) is 24.4. The number of phenolic OH excluding ortho intramolecular Hbond substituents is 1. The maximum absolute atomic E-state index is 12.7. The first-order valence-corrected chi connectivity index (χ1v) is 11.8. The van der Waals surface area contributed by atoms with Gasteiger partial charge in [-0.2, -0.15) is 0 Å². The number of rotatable bonds is 6. The summed E-state index contributed by atoms with van der Waals surface area (Å²) in [6, 6.07) is 6.81. The van der Waals surface area contributed by atoms with Crippen LogP contribution in [-0.4, -0.2) is 74.3 Å². The summed E-state index contributed by atoms with van der Waals surface area (Å²) in [5.41, 5.74) is 2.04. The van der Waals surface area contributed by atoms with Gasteiger partial charge in [0.25, 0.3) is 5.91 Å². The number of allylic oxidation sites excluding steroid dienone is 1. The Kier molecular flexibility index (Phi) is 7.16. The summed E-state index contributed by atoms with van der Waals surface area (Å²) in [4.78, 5) is 37.4. The maximum atomic E-state index is 12.7. The van der Waals surface area contributed by atoms with Crippen molar-refractivity contribution in [1.29, 1.82) is 0 Å². The first-order chi connectivity index (χ1) is 16.7. The number of amides is 1. The van der Waals surface area contributed by atoms with Crippen LogP contribution in [0.2, 0.25) is 0 Å². The smallest absolute Gasteiger partial charge is 0.335 e. The largest absolute Gasteiger partial charge is 0.507 e. The van der Waals surface area contributed by atoms with Crippen LogP contribution in [0.4, 0.5) is 5.82 Å². The fraction of sp³-hybridized carbons (Fsp3) is 0.385. The van der Waals surface area contributed by atoms with E-state index in [-0.39, 0.29) is 23.1 Å². The van der Waals surface area contributed by atoms with E-state index >= 15 is 0 Å². The molecule has 0 bridgehead atoms. The van der Waals surface area contributed by atoms with Crippen LogP contribution in [0.1, 0.15) is 31.5 Å². The van der Waals surface area contributed by atoms with Gasteiger partial charge >= 0.3 is 5.97 Å². The van der Waals surface area contributed by atoms with Crippen molar-refractivity contribution in [1.82, 2.24) is 14.9 Å². The van der Waals surface area contributed by atoms with Gasteiger partial charge in [-0.05, 0) is 36.6 Å². The molecule has 1 aliphatic carbocycles. The number of hydrogen-bond donors (Lipinski definition) is 3. The molecular formula is C26H30N4O5. The molecule has 1 fully saturated rings. The Labute approximate surface area is 204 Å². The molecule has 3 N–H and O–H groups in total. The lowest BCUT2D eigenvalue weighted by Gasteiger charge is -2.37. The van der Waals surface area contributed by atoms with Crippen LogP contribution in [0, 0.1) is 5.92 Å². The van der Waals surface area contributed by atoms with Gasteiger partial charge in [-0.1, -0.05) is 32.1 Å². The van der Waals surface area contributed by atoms with E-state index in [4.69, 9.17) is 4.98 Å². The Morgan fingerprint density at radius 2 is 1.77 bits per heavy atom. The number of hydrogen-bond acceptors (Lipinski definition) is 7. The van der Waals surface area contributed by atoms with E-state index < -0.39 is 12.1 Å². The zero-order valence-corrected chi connectivity index (χ0v) is 19.9. The molecule has 9 heteroatoms. The second-order valence-electron chi connectivity index (χ2n) is 9.21. The molecular weight excluding hydrogens is 448 g/mol. The van der Waals surface area contributed by atoms with Crippen molar-refractivity contribution >= 4 is 23.8 Å². The van der Waals surface area contributed by atoms with Crippen molar-refractivity contribution in [2.45, 2.75) is 32.8 Å². The third-order valence-corrected chi connectivity index (χ3v) is 6.21. The number of phenols is 1. The first-order valence-electron chi connectivity index (χ1n) is 11.8. The van der Waals surface area contributed by atoms with Gasteiger partial charge in [0.1, 0.15) is 17.7 Å². The highest BCUT2D eigenvalue weighted by Gasteiger charge is 2.29. The molecule has 0 saturated carbocycles. The minimum absolute atomic E-state index is 0.0545. The normalized spacial score (nSPS) is 16.5. The van der Waals surface area contributed by atoms with Crippen molar-refractivity contribution in [3.63, 3.8) is 0 Å². The molecule has 4 rings (SSSR count). The maximum Gasteiger partial charge on any atom is 0.335 e. The monoisotopic (exact) mass is 478 g/mol. The number of aromatic hydroxyl groups is 1. The second-order valence-corrected chi connectivity index (χ2v) is 9.21. The van der Waals surface area contributed by atoms with Crippen molar-refractivity contribution in [2.75, 3.05) is 31.1 Å². The quantitative estimate of drug-likeness (QED) is 0.578. The van der Waals surface area contributed by atoms with Gasteiger partial charge in [0.15, 0.2) is 5.82 Å². The number of piperazine rings is 1. The Bertz CT molecular complexity index is 1180. The van der Waals surface area contributed by atoms with Gasteiger partial charge in [-0.15, -0.1) is 0 Å². The number of nitrogens with zero attached hydrogens (tertiary/aromatic N) is 4. The Hall–Kier alpha value is -3.72. The fourth-order valence-electron chi connectivity index (χ4n) is 4.36. The van der Waals surface area contributed by atoms with Gasteiger partial charge in [0.05, 0.1) is 16.8 Å². The number of aromatic nitrogens is 2. The number of carbonyl (C=O) groups is 2. The molecule has 0 radical (unpaired) electrons. The average molecular weight is 479 g/mol. The molecule has 184 valence electrons. The summed E-state index contributed by atoms with van der Waals surface area (Å²) in [5.74, 6) is -0.0290. The fourth-order valence-corrected chi connectivity index (χ4v) is 4.36. The predicted octanol–water partition coefficient (Wildman–Crippen LogP) is 2.49. The number of carboxylic acids is 1. The summed E-state index contributed by atoms with van der Waals surface area (Å²) in [5, 5.41) is 30.1.